The van der Waals surface area contributed by atoms with Gasteiger partial charge in [0.2, 0.25) is 6.41 Å². The van der Waals surface area contributed by atoms with Crippen molar-refractivity contribution in [3.05, 3.63) is 54.4 Å². The molecule has 0 radical (unpaired) electrons. The second-order valence-electron chi connectivity index (χ2n) is 6.53. The van der Waals surface area contributed by atoms with Crippen LogP contribution in [0, 0.1) is 0 Å². The Hall–Kier alpha value is -2.95. The van der Waals surface area contributed by atoms with Crippen molar-refractivity contribution in [2.24, 2.45) is 0 Å². The van der Waals surface area contributed by atoms with E-state index in [1.54, 1.807) is 0 Å². The van der Waals surface area contributed by atoms with Crippen LogP contribution in [0.4, 0.5) is 5.82 Å². The van der Waals surface area contributed by atoms with Crippen molar-refractivity contribution in [1.82, 2.24) is 14.9 Å². The molecule has 4 rings (SSSR count). The third kappa shape index (κ3) is 2.93. The fourth-order valence-corrected chi connectivity index (χ4v) is 3.68. The molecule has 0 spiro atoms. The zero-order chi connectivity index (χ0) is 17.2. The highest BCUT2D eigenvalue weighted by Crippen LogP contribution is 2.36. The fraction of sp³-hybridized carbons (Fsp3) is 0.250. The molecule has 2 heterocycles. The third-order valence-corrected chi connectivity index (χ3v) is 4.95. The Kier molecular flexibility index (Phi) is 4.06. The number of likely N-dealkylation sites (tertiary alicyclic amines) is 1. The van der Waals surface area contributed by atoms with Crippen LogP contribution in [0.2, 0.25) is 0 Å². The van der Waals surface area contributed by atoms with Gasteiger partial charge in [-0.3, -0.25) is 4.79 Å². The van der Waals surface area contributed by atoms with Crippen LogP contribution in [0.25, 0.3) is 22.0 Å². The maximum Gasteiger partial charge on any atom is 0.209 e. The number of fused-ring (bicyclic) bond motifs is 1. The molecule has 126 valence electrons. The minimum absolute atomic E-state index is 0.263. The normalized spacial score (nSPS) is 17.6. The van der Waals surface area contributed by atoms with Crippen molar-refractivity contribution < 1.29 is 4.79 Å². The molecule has 3 aromatic rings. The summed E-state index contributed by atoms with van der Waals surface area (Å²) in [4.78, 5) is 21.7. The van der Waals surface area contributed by atoms with E-state index in [9.17, 15) is 4.79 Å². The number of nitrogen functional groups attached to an aromatic ring is 1. The summed E-state index contributed by atoms with van der Waals surface area (Å²) in [5.41, 5.74) is 10.4. The van der Waals surface area contributed by atoms with Crippen molar-refractivity contribution in [1.29, 1.82) is 0 Å². The molecule has 0 aliphatic carbocycles. The standard InChI is InChI=1S/C20H20N4O/c21-20-18-10-16(14-5-2-1-3-6-14)9-17(19(18)22-12-23-20)15-7-4-8-24(11-15)13-25/h1-3,5-6,9-10,12-13,15H,4,7-8,11H2,(H2,21,22,23). The number of hydrogen-bond donors (Lipinski definition) is 1. The first-order valence-corrected chi connectivity index (χ1v) is 8.55. The van der Waals surface area contributed by atoms with E-state index in [1.807, 2.05) is 23.1 Å². The molecule has 1 aromatic heterocycles. The van der Waals surface area contributed by atoms with E-state index in [2.05, 4.69) is 34.2 Å². The van der Waals surface area contributed by atoms with E-state index in [-0.39, 0.29) is 5.92 Å². The number of carbonyl (C=O) groups excluding carboxylic acids is 1. The molecule has 1 amide bonds. The molecule has 0 saturated carbocycles. The van der Waals surface area contributed by atoms with Gasteiger partial charge in [0.15, 0.2) is 0 Å². The molecule has 2 N–H and O–H groups in total. The maximum atomic E-state index is 11.2. The zero-order valence-corrected chi connectivity index (χ0v) is 13.9. The highest BCUT2D eigenvalue weighted by Gasteiger charge is 2.23. The topological polar surface area (TPSA) is 72.1 Å². The van der Waals surface area contributed by atoms with Gasteiger partial charge in [-0.2, -0.15) is 0 Å². The van der Waals surface area contributed by atoms with Crippen LogP contribution < -0.4 is 5.73 Å². The average molecular weight is 332 g/mol. The molecular weight excluding hydrogens is 312 g/mol. The molecule has 1 aliphatic heterocycles. The second kappa shape index (κ2) is 6.51. The van der Waals surface area contributed by atoms with E-state index in [1.165, 1.54) is 6.33 Å². The average Bonchev–Trinajstić information content (AvgIpc) is 2.68. The number of nitrogens with two attached hydrogens (primary N) is 1. The first-order valence-electron chi connectivity index (χ1n) is 8.55. The number of piperidine rings is 1. The first kappa shape index (κ1) is 15.6. The molecule has 0 bridgehead atoms. The Morgan fingerprint density at radius 2 is 1.96 bits per heavy atom. The molecule has 1 fully saturated rings. The van der Waals surface area contributed by atoms with Crippen LogP contribution in [-0.4, -0.2) is 34.4 Å². The highest BCUT2D eigenvalue weighted by atomic mass is 16.1. The van der Waals surface area contributed by atoms with Crippen molar-refractivity contribution in [2.75, 3.05) is 18.8 Å². The van der Waals surface area contributed by atoms with Crippen molar-refractivity contribution in [3.63, 3.8) is 0 Å². The maximum absolute atomic E-state index is 11.2. The van der Waals surface area contributed by atoms with Gasteiger partial charge in [-0.1, -0.05) is 30.3 Å². The number of carbonyl (C=O) groups is 1. The minimum atomic E-state index is 0.263. The molecule has 1 aliphatic rings. The van der Waals surface area contributed by atoms with Gasteiger partial charge in [-0.05, 0) is 41.7 Å². The lowest BCUT2D eigenvalue weighted by Crippen LogP contribution is -2.33. The summed E-state index contributed by atoms with van der Waals surface area (Å²) < 4.78 is 0. The predicted molar refractivity (Wildman–Crippen MR) is 99.0 cm³/mol. The number of rotatable bonds is 3. The number of benzene rings is 2. The van der Waals surface area contributed by atoms with Gasteiger partial charge in [0, 0.05) is 24.4 Å². The summed E-state index contributed by atoms with van der Waals surface area (Å²) in [7, 11) is 0. The van der Waals surface area contributed by atoms with Crippen LogP contribution in [0.15, 0.2) is 48.8 Å². The van der Waals surface area contributed by atoms with Gasteiger partial charge in [0.05, 0.1) is 5.52 Å². The van der Waals surface area contributed by atoms with Crippen LogP contribution in [0.3, 0.4) is 0 Å². The molecule has 1 unspecified atom stereocenters. The lowest BCUT2D eigenvalue weighted by atomic mass is 9.87. The molecular formula is C20H20N4O. The smallest absolute Gasteiger partial charge is 0.209 e. The lowest BCUT2D eigenvalue weighted by Gasteiger charge is -2.31. The number of nitrogens with zero attached hydrogens (tertiary/aromatic N) is 3. The van der Waals surface area contributed by atoms with Crippen LogP contribution in [-0.2, 0) is 4.79 Å². The van der Waals surface area contributed by atoms with Crippen molar-refractivity contribution in [3.8, 4) is 11.1 Å². The summed E-state index contributed by atoms with van der Waals surface area (Å²) in [6, 6.07) is 14.5. The van der Waals surface area contributed by atoms with Crippen molar-refractivity contribution in [2.45, 2.75) is 18.8 Å². The SMILES string of the molecule is Nc1ncnc2c(C3CCCN(C=O)C3)cc(-c3ccccc3)cc12. The van der Waals surface area contributed by atoms with Gasteiger partial charge < -0.3 is 10.6 Å². The molecule has 2 aromatic carbocycles. The second-order valence-corrected chi connectivity index (χ2v) is 6.53. The van der Waals surface area contributed by atoms with E-state index in [0.29, 0.717) is 5.82 Å². The molecule has 5 nitrogen and oxygen atoms in total. The minimum Gasteiger partial charge on any atom is -0.383 e. The monoisotopic (exact) mass is 332 g/mol. The van der Waals surface area contributed by atoms with Crippen molar-refractivity contribution >= 4 is 23.1 Å². The number of hydrogen-bond acceptors (Lipinski definition) is 4. The molecule has 5 heteroatoms. The van der Waals surface area contributed by atoms with Gasteiger partial charge >= 0.3 is 0 Å². The van der Waals surface area contributed by atoms with E-state index in [0.717, 1.165) is 59.9 Å². The van der Waals surface area contributed by atoms with Gasteiger partial charge in [-0.15, -0.1) is 0 Å². The third-order valence-electron chi connectivity index (χ3n) is 4.95. The van der Waals surface area contributed by atoms with Gasteiger partial charge in [-0.25, -0.2) is 9.97 Å². The largest absolute Gasteiger partial charge is 0.383 e. The molecule has 1 saturated heterocycles. The summed E-state index contributed by atoms with van der Waals surface area (Å²) in [5, 5.41) is 0.877. The summed E-state index contributed by atoms with van der Waals surface area (Å²) in [6.45, 7) is 1.55. The van der Waals surface area contributed by atoms with Gasteiger partial charge in [0.25, 0.3) is 0 Å². The first-order chi connectivity index (χ1) is 12.3. The Morgan fingerprint density at radius 1 is 1.12 bits per heavy atom. The predicted octanol–water partition coefficient (Wildman–Crippen LogP) is 3.21. The van der Waals surface area contributed by atoms with Crippen LogP contribution in [0.1, 0.15) is 24.3 Å². The van der Waals surface area contributed by atoms with Crippen LogP contribution in [0.5, 0.6) is 0 Å². The Morgan fingerprint density at radius 3 is 2.76 bits per heavy atom. The number of aromatic nitrogens is 2. The summed E-state index contributed by atoms with van der Waals surface area (Å²) in [5.74, 6) is 0.756. The molecule has 25 heavy (non-hydrogen) atoms. The summed E-state index contributed by atoms with van der Waals surface area (Å²) >= 11 is 0. The number of amides is 1. The zero-order valence-electron chi connectivity index (χ0n) is 13.9. The van der Waals surface area contributed by atoms with E-state index >= 15 is 0 Å². The fourth-order valence-electron chi connectivity index (χ4n) is 3.68. The Labute approximate surface area is 146 Å². The molecule has 1 atom stereocenters. The Bertz CT molecular complexity index is 910. The lowest BCUT2D eigenvalue weighted by molar-refractivity contribution is -0.119. The van der Waals surface area contributed by atoms with E-state index in [4.69, 9.17) is 5.73 Å². The quantitative estimate of drug-likeness (QED) is 0.748. The van der Waals surface area contributed by atoms with E-state index < -0.39 is 0 Å². The summed E-state index contributed by atoms with van der Waals surface area (Å²) in [6.07, 6.45) is 4.50. The Balaban J connectivity index is 1.89. The van der Waals surface area contributed by atoms with Crippen LogP contribution >= 0.6 is 0 Å². The highest BCUT2D eigenvalue weighted by molar-refractivity contribution is 5.94. The number of anilines is 1. The van der Waals surface area contributed by atoms with Gasteiger partial charge in [0.1, 0.15) is 12.1 Å².